The summed E-state index contributed by atoms with van der Waals surface area (Å²) in [6, 6.07) is 0. The Balaban J connectivity index is 2.73. The fourth-order valence-corrected chi connectivity index (χ4v) is 1.57. The summed E-state index contributed by atoms with van der Waals surface area (Å²) in [6.45, 7) is 3.94. The third kappa shape index (κ3) is 3.12. The van der Waals surface area contributed by atoms with Gasteiger partial charge < -0.3 is 4.74 Å². The normalized spacial score (nSPS) is 11.5. The molecule has 5 heteroatoms. The maximum Gasteiger partial charge on any atom is 0.349 e. The molecular formula is C9H10ClNO2S. The van der Waals surface area contributed by atoms with Crippen molar-refractivity contribution in [1.29, 1.82) is 0 Å². The molecule has 1 heterocycles. The largest absolute Gasteiger partial charge is 0.462 e. The van der Waals surface area contributed by atoms with E-state index in [1.807, 2.05) is 12.3 Å². The molecule has 1 aromatic heterocycles. The Kier molecular flexibility index (Phi) is 4.10. The van der Waals surface area contributed by atoms with Crippen LogP contribution < -0.4 is 0 Å². The molecule has 0 N–H and O–H groups in total. The van der Waals surface area contributed by atoms with E-state index in [1.54, 1.807) is 6.92 Å². The van der Waals surface area contributed by atoms with Crippen LogP contribution in [0.4, 0.5) is 0 Å². The number of hydrogen-bond donors (Lipinski definition) is 0. The zero-order valence-corrected chi connectivity index (χ0v) is 9.48. The first-order chi connectivity index (χ1) is 6.63. The highest BCUT2D eigenvalue weighted by Crippen LogP contribution is 2.14. The van der Waals surface area contributed by atoms with Crippen LogP contribution in [0.1, 0.15) is 17.6 Å². The summed E-state index contributed by atoms with van der Waals surface area (Å²) >= 11 is 7.21. The molecular weight excluding hydrogens is 222 g/mol. The lowest BCUT2D eigenvalue weighted by molar-refractivity contribution is -0.137. The van der Waals surface area contributed by atoms with Crippen molar-refractivity contribution in [2.75, 3.05) is 6.61 Å². The Morgan fingerprint density at radius 1 is 1.79 bits per heavy atom. The van der Waals surface area contributed by atoms with Gasteiger partial charge in [-0.25, -0.2) is 9.78 Å². The molecule has 0 amide bonds. The van der Waals surface area contributed by atoms with Gasteiger partial charge in [0.15, 0.2) is 0 Å². The molecule has 14 heavy (non-hydrogen) atoms. The smallest absolute Gasteiger partial charge is 0.349 e. The second-order valence-corrected chi connectivity index (χ2v) is 3.97. The van der Waals surface area contributed by atoms with Crippen LogP contribution in [0, 0.1) is 6.92 Å². The number of aryl methyl sites for hydroxylation is 1. The number of ether oxygens (including phenoxy) is 1. The summed E-state index contributed by atoms with van der Waals surface area (Å²) < 4.78 is 4.72. The van der Waals surface area contributed by atoms with E-state index in [2.05, 4.69) is 4.98 Å². The Morgan fingerprint density at radius 3 is 3.00 bits per heavy atom. The zero-order valence-electron chi connectivity index (χ0n) is 7.91. The molecule has 3 nitrogen and oxygen atoms in total. The third-order valence-corrected chi connectivity index (χ3v) is 2.44. The van der Waals surface area contributed by atoms with E-state index in [0.717, 1.165) is 5.01 Å². The van der Waals surface area contributed by atoms with Gasteiger partial charge in [-0.1, -0.05) is 11.6 Å². The quantitative estimate of drug-likeness (QED) is 0.593. The summed E-state index contributed by atoms with van der Waals surface area (Å²) in [7, 11) is 0. The molecule has 0 saturated carbocycles. The van der Waals surface area contributed by atoms with Crippen molar-refractivity contribution < 1.29 is 9.53 Å². The molecule has 0 aliphatic heterocycles. The zero-order chi connectivity index (χ0) is 10.6. The Labute approximate surface area is 91.4 Å². The first-order valence-corrected chi connectivity index (χ1v) is 5.35. The lowest BCUT2D eigenvalue weighted by Gasteiger charge is -1.97. The highest BCUT2D eigenvalue weighted by molar-refractivity contribution is 7.09. The van der Waals surface area contributed by atoms with E-state index in [1.165, 1.54) is 17.4 Å². The number of halogens is 1. The third-order valence-electron chi connectivity index (χ3n) is 1.38. The summed E-state index contributed by atoms with van der Waals surface area (Å²) in [6.07, 6.45) is 1.50. The summed E-state index contributed by atoms with van der Waals surface area (Å²) in [5.74, 6) is -0.514. The average Bonchev–Trinajstić information content (AvgIpc) is 2.51. The number of thiazole rings is 1. The highest BCUT2D eigenvalue weighted by atomic mass is 35.5. The maximum atomic E-state index is 11.1. The van der Waals surface area contributed by atoms with Crippen molar-refractivity contribution in [3.8, 4) is 0 Å². The molecule has 0 aliphatic carbocycles. The molecule has 0 bridgehead atoms. The van der Waals surface area contributed by atoms with Crippen LogP contribution in [0.15, 0.2) is 10.4 Å². The van der Waals surface area contributed by atoms with Crippen molar-refractivity contribution >= 4 is 35.0 Å². The van der Waals surface area contributed by atoms with Crippen molar-refractivity contribution in [2.24, 2.45) is 0 Å². The first-order valence-electron chi connectivity index (χ1n) is 4.10. The lowest BCUT2D eigenvalue weighted by Crippen LogP contribution is -2.03. The van der Waals surface area contributed by atoms with Gasteiger partial charge in [-0.05, 0) is 19.9 Å². The van der Waals surface area contributed by atoms with E-state index in [4.69, 9.17) is 16.3 Å². The standard InChI is InChI=1S/C9H10ClNO2S/c1-3-13-9(12)8(10)4-7-5-14-6(2)11-7/h4-5H,3H2,1-2H3/b8-4-. The molecule has 1 rings (SSSR count). The lowest BCUT2D eigenvalue weighted by atomic mass is 10.4. The Hall–Kier alpha value is -0.870. The fraction of sp³-hybridized carbons (Fsp3) is 0.333. The predicted octanol–water partition coefficient (Wildman–Crippen LogP) is 2.59. The van der Waals surface area contributed by atoms with Crippen LogP contribution in [0.2, 0.25) is 0 Å². The molecule has 0 unspecified atom stereocenters. The van der Waals surface area contributed by atoms with Crippen LogP contribution in [0.3, 0.4) is 0 Å². The minimum absolute atomic E-state index is 0.0529. The fourth-order valence-electron chi connectivity index (χ4n) is 0.835. The molecule has 0 spiro atoms. The summed E-state index contributed by atoms with van der Waals surface area (Å²) in [5, 5.41) is 2.82. The van der Waals surface area contributed by atoms with Gasteiger partial charge in [-0.15, -0.1) is 11.3 Å². The van der Waals surface area contributed by atoms with E-state index >= 15 is 0 Å². The van der Waals surface area contributed by atoms with Gasteiger partial charge in [0.1, 0.15) is 5.03 Å². The minimum atomic E-state index is -0.514. The second kappa shape index (κ2) is 5.12. The van der Waals surface area contributed by atoms with Crippen LogP contribution in [-0.4, -0.2) is 17.6 Å². The topological polar surface area (TPSA) is 39.2 Å². The highest BCUT2D eigenvalue weighted by Gasteiger charge is 2.07. The van der Waals surface area contributed by atoms with Crippen molar-refractivity contribution in [3.63, 3.8) is 0 Å². The number of nitrogens with zero attached hydrogens (tertiary/aromatic N) is 1. The molecule has 0 aromatic carbocycles. The van der Waals surface area contributed by atoms with Crippen molar-refractivity contribution in [3.05, 3.63) is 21.1 Å². The molecule has 1 aromatic rings. The van der Waals surface area contributed by atoms with Crippen molar-refractivity contribution in [2.45, 2.75) is 13.8 Å². The van der Waals surface area contributed by atoms with Crippen LogP contribution in [-0.2, 0) is 9.53 Å². The molecule has 0 radical (unpaired) electrons. The number of aromatic nitrogens is 1. The molecule has 0 saturated heterocycles. The average molecular weight is 232 g/mol. The van der Waals surface area contributed by atoms with Gasteiger partial charge >= 0.3 is 5.97 Å². The van der Waals surface area contributed by atoms with E-state index in [-0.39, 0.29) is 5.03 Å². The van der Waals surface area contributed by atoms with Crippen LogP contribution >= 0.6 is 22.9 Å². The van der Waals surface area contributed by atoms with Gasteiger partial charge in [0.2, 0.25) is 0 Å². The summed E-state index contributed by atoms with van der Waals surface area (Å²) in [4.78, 5) is 15.3. The maximum absolute atomic E-state index is 11.1. The minimum Gasteiger partial charge on any atom is -0.462 e. The predicted molar refractivity (Wildman–Crippen MR) is 57.3 cm³/mol. The van der Waals surface area contributed by atoms with Gasteiger partial charge in [0, 0.05) is 5.38 Å². The SMILES string of the molecule is CCOC(=O)/C(Cl)=C/c1csc(C)n1. The van der Waals surface area contributed by atoms with Crippen molar-refractivity contribution in [1.82, 2.24) is 4.98 Å². The Morgan fingerprint density at radius 2 is 2.50 bits per heavy atom. The number of carbonyl (C=O) groups is 1. The van der Waals surface area contributed by atoms with Crippen LogP contribution in [0.5, 0.6) is 0 Å². The molecule has 0 atom stereocenters. The van der Waals surface area contributed by atoms with Crippen LogP contribution in [0.25, 0.3) is 6.08 Å². The van der Waals surface area contributed by atoms with E-state index in [9.17, 15) is 4.79 Å². The number of rotatable bonds is 3. The molecule has 76 valence electrons. The van der Waals surface area contributed by atoms with Gasteiger partial charge in [-0.3, -0.25) is 0 Å². The van der Waals surface area contributed by atoms with Gasteiger partial charge in [-0.2, -0.15) is 0 Å². The number of hydrogen-bond acceptors (Lipinski definition) is 4. The van der Waals surface area contributed by atoms with Gasteiger partial charge in [0.05, 0.1) is 17.3 Å². The monoisotopic (exact) mass is 231 g/mol. The molecule has 0 aliphatic rings. The number of esters is 1. The number of carbonyl (C=O) groups excluding carboxylic acids is 1. The van der Waals surface area contributed by atoms with E-state index < -0.39 is 5.97 Å². The molecule has 0 fully saturated rings. The van der Waals surface area contributed by atoms with E-state index in [0.29, 0.717) is 12.3 Å². The Bertz CT molecular complexity index is 359. The second-order valence-electron chi connectivity index (χ2n) is 2.50. The summed E-state index contributed by atoms with van der Waals surface area (Å²) in [5.41, 5.74) is 0.686. The van der Waals surface area contributed by atoms with Gasteiger partial charge in [0.25, 0.3) is 0 Å². The first kappa shape index (κ1) is 11.2.